The van der Waals surface area contributed by atoms with Crippen molar-refractivity contribution in [2.24, 2.45) is 5.73 Å². The predicted molar refractivity (Wildman–Crippen MR) is 39.2 cm³/mol. The Morgan fingerprint density at radius 1 is 1.56 bits per heavy atom. The first-order chi connectivity index (χ1) is 4.34. The molecule has 0 bridgehead atoms. The van der Waals surface area contributed by atoms with E-state index in [0.29, 0.717) is 6.54 Å². The molecule has 0 spiro atoms. The minimum Gasteiger partial charge on any atom is -0.471 e. The van der Waals surface area contributed by atoms with Crippen LogP contribution in [0.2, 0.25) is 0 Å². The molecule has 0 aromatic carbocycles. The molecule has 0 atom stereocenters. The van der Waals surface area contributed by atoms with Gasteiger partial charge < -0.3 is 10.2 Å². The van der Waals surface area contributed by atoms with Crippen molar-refractivity contribution >= 4 is 15.9 Å². The van der Waals surface area contributed by atoms with E-state index in [9.17, 15) is 0 Å². The minimum atomic E-state index is 0.665. The molecular formula is C6H8BrNO. The van der Waals surface area contributed by atoms with Crippen LogP contribution in [0, 0.1) is 0 Å². The Balaban J connectivity index is 2.69. The van der Waals surface area contributed by atoms with Crippen LogP contribution in [0.15, 0.2) is 21.4 Å². The smallest absolute Gasteiger partial charge is 0.105 e. The van der Waals surface area contributed by atoms with Crippen molar-refractivity contribution in [3.63, 3.8) is 0 Å². The van der Waals surface area contributed by atoms with Gasteiger partial charge in [-0.05, 0) is 28.9 Å². The lowest BCUT2D eigenvalue weighted by Crippen LogP contribution is -2.01. The van der Waals surface area contributed by atoms with E-state index in [4.69, 9.17) is 10.2 Å². The standard InChI is InChI=1S/C6H8BrNO/c7-6-4-9-3-5(6)1-2-8/h3-4H,1-2,8H2. The Bertz CT molecular complexity index is 185. The van der Waals surface area contributed by atoms with Gasteiger partial charge in [0.2, 0.25) is 0 Å². The maximum atomic E-state index is 5.33. The van der Waals surface area contributed by atoms with Crippen LogP contribution in [0.1, 0.15) is 5.56 Å². The van der Waals surface area contributed by atoms with E-state index in [1.807, 2.05) is 0 Å². The molecule has 0 fully saturated rings. The molecule has 3 heteroatoms. The molecule has 2 N–H and O–H groups in total. The average Bonchev–Trinajstić information content (AvgIpc) is 2.18. The molecule has 0 radical (unpaired) electrons. The third-order valence-electron chi connectivity index (χ3n) is 1.10. The summed E-state index contributed by atoms with van der Waals surface area (Å²) >= 11 is 3.32. The fraction of sp³-hybridized carbons (Fsp3) is 0.333. The van der Waals surface area contributed by atoms with Gasteiger partial charge in [-0.3, -0.25) is 0 Å². The summed E-state index contributed by atoms with van der Waals surface area (Å²) in [5.74, 6) is 0. The topological polar surface area (TPSA) is 39.2 Å². The minimum absolute atomic E-state index is 0.665. The molecule has 0 aliphatic carbocycles. The molecule has 0 saturated carbocycles. The van der Waals surface area contributed by atoms with Gasteiger partial charge in [0.1, 0.15) is 6.26 Å². The molecule has 0 unspecified atom stereocenters. The summed E-state index contributed by atoms with van der Waals surface area (Å²) in [5, 5.41) is 0. The molecule has 2 nitrogen and oxygen atoms in total. The number of halogens is 1. The summed E-state index contributed by atoms with van der Waals surface area (Å²) in [4.78, 5) is 0. The first kappa shape index (κ1) is 6.83. The fourth-order valence-corrected chi connectivity index (χ4v) is 1.04. The Hall–Kier alpha value is -0.280. The number of hydrogen-bond acceptors (Lipinski definition) is 2. The first-order valence-electron chi connectivity index (χ1n) is 2.75. The van der Waals surface area contributed by atoms with Crippen LogP contribution in [-0.4, -0.2) is 6.54 Å². The zero-order valence-electron chi connectivity index (χ0n) is 4.93. The third kappa shape index (κ3) is 1.56. The van der Waals surface area contributed by atoms with Crippen LogP contribution in [0.5, 0.6) is 0 Å². The lowest BCUT2D eigenvalue weighted by Gasteiger charge is -1.89. The van der Waals surface area contributed by atoms with Crippen LogP contribution in [0.4, 0.5) is 0 Å². The molecule has 0 aliphatic heterocycles. The second-order valence-electron chi connectivity index (χ2n) is 1.78. The van der Waals surface area contributed by atoms with Gasteiger partial charge in [-0.25, -0.2) is 0 Å². The summed E-state index contributed by atoms with van der Waals surface area (Å²) in [7, 11) is 0. The van der Waals surface area contributed by atoms with Crippen molar-refractivity contribution in [2.45, 2.75) is 6.42 Å². The molecule has 1 rings (SSSR count). The lowest BCUT2D eigenvalue weighted by atomic mass is 10.2. The number of nitrogens with two attached hydrogens (primary N) is 1. The SMILES string of the molecule is NCCc1cocc1Br. The van der Waals surface area contributed by atoms with Crippen molar-refractivity contribution in [1.82, 2.24) is 0 Å². The summed E-state index contributed by atoms with van der Waals surface area (Å²) in [6.45, 7) is 0.665. The highest BCUT2D eigenvalue weighted by molar-refractivity contribution is 9.10. The quantitative estimate of drug-likeness (QED) is 0.768. The molecule has 9 heavy (non-hydrogen) atoms. The van der Waals surface area contributed by atoms with E-state index in [0.717, 1.165) is 16.5 Å². The Morgan fingerprint density at radius 3 is 2.78 bits per heavy atom. The van der Waals surface area contributed by atoms with Gasteiger partial charge in [0.25, 0.3) is 0 Å². The monoisotopic (exact) mass is 189 g/mol. The zero-order valence-corrected chi connectivity index (χ0v) is 6.52. The Morgan fingerprint density at radius 2 is 2.33 bits per heavy atom. The van der Waals surface area contributed by atoms with Gasteiger partial charge in [0.05, 0.1) is 10.7 Å². The largest absolute Gasteiger partial charge is 0.471 e. The highest BCUT2D eigenvalue weighted by Gasteiger charge is 1.98. The average molecular weight is 190 g/mol. The van der Waals surface area contributed by atoms with E-state index in [1.165, 1.54) is 0 Å². The van der Waals surface area contributed by atoms with Gasteiger partial charge in [-0.15, -0.1) is 0 Å². The Labute approximate surface area is 62.2 Å². The summed E-state index contributed by atoms with van der Waals surface area (Å²) in [6.07, 6.45) is 4.24. The van der Waals surface area contributed by atoms with Crippen LogP contribution in [0.3, 0.4) is 0 Å². The van der Waals surface area contributed by atoms with Crippen LogP contribution >= 0.6 is 15.9 Å². The molecule has 1 aromatic heterocycles. The van der Waals surface area contributed by atoms with Crippen molar-refractivity contribution < 1.29 is 4.42 Å². The van der Waals surface area contributed by atoms with Crippen LogP contribution in [0.25, 0.3) is 0 Å². The molecule has 0 saturated heterocycles. The molecule has 50 valence electrons. The normalized spacial score (nSPS) is 10.0. The van der Waals surface area contributed by atoms with E-state index >= 15 is 0 Å². The summed E-state index contributed by atoms with van der Waals surface area (Å²) < 4.78 is 5.90. The van der Waals surface area contributed by atoms with E-state index < -0.39 is 0 Å². The Kier molecular flexibility index (Phi) is 2.30. The second-order valence-corrected chi connectivity index (χ2v) is 2.64. The summed E-state index contributed by atoms with van der Waals surface area (Å²) in [6, 6.07) is 0. The lowest BCUT2D eigenvalue weighted by molar-refractivity contribution is 0.563. The third-order valence-corrected chi connectivity index (χ3v) is 1.80. The first-order valence-corrected chi connectivity index (χ1v) is 3.54. The van der Waals surface area contributed by atoms with Gasteiger partial charge in [-0.2, -0.15) is 0 Å². The highest BCUT2D eigenvalue weighted by Crippen LogP contribution is 2.16. The van der Waals surface area contributed by atoms with Crippen molar-refractivity contribution in [3.05, 3.63) is 22.6 Å². The van der Waals surface area contributed by atoms with Crippen LogP contribution in [-0.2, 0) is 6.42 Å². The summed E-state index contributed by atoms with van der Waals surface area (Å²) in [5.41, 5.74) is 6.46. The second kappa shape index (κ2) is 3.03. The van der Waals surface area contributed by atoms with Gasteiger partial charge in [-0.1, -0.05) is 0 Å². The van der Waals surface area contributed by atoms with E-state index in [2.05, 4.69) is 15.9 Å². The molecule has 1 heterocycles. The predicted octanol–water partition coefficient (Wildman–Crippen LogP) is 1.54. The zero-order chi connectivity index (χ0) is 6.69. The van der Waals surface area contributed by atoms with Crippen molar-refractivity contribution in [1.29, 1.82) is 0 Å². The number of rotatable bonds is 2. The van der Waals surface area contributed by atoms with E-state index in [1.54, 1.807) is 12.5 Å². The van der Waals surface area contributed by atoms with Crippen molar-refractivity contribution in [3.8, 4) is 0 Å². The highest BCUT2D eigenvalue weighted by atomic mass is 79.9. The fourth-order valence-electron chi connectivity index (χ4n) is 0.642. The van der Waals surface area contributed by atoms with Crippen molar-refractivity contribution in [2.75, 3.05) is 6.54 Å². The molecule has 1 aromatic rings. The molecule has 0 amide bonds. The molecular weight excluding hydrogens is 182 g/mol. The van der Waals surface area contributed by atoms with Gasteiger partial charge >= 0.3 is 0 Å². The van der Waals surface area contributed by atoms with Gasteiger partial charge in [0.15, 0.2) is 0 Å². The maximum absolute atomic E-state index is 5.33. The van der Waals surface area contributed by atoms with Gasteiger partial charge in [0, 0.05) is 5.56 Å². The number of hydrogen-bond donors (Lipinski definition) is 1. The van der Waals surface area contributed by atoms with E-state index in [-0.39, 0.29) is 0 Å². The maximum Gasteiger partial charge on any atom is 0.105 e. The number of furan rings is 1. The molecule has 0 aliphatic rings. The van der Waals surface area contributed by atoms with Crippen LogP contribution < -0.4 is 5.73 Å².